The second-order valence-corrected chi connectivity index (χ2v) is 5.80. The van der Waals surface area contributed by atoms with Gasteiger partial charge < -0.3 is 10.6 Å². The van der Waals surface area contributed by atoms with E-state index in [-0.39, 0.29) is 5.91 Å². The molecule has 8 heteroatoms. The number of rotatable bonds is 7. The predicted molar refractivity (Wildman–Crippen MR) is 92.4 cm³/mol. The molecule has 0 radical (unpaired) electrons. The molecule has 25 heavy (non-hydrogen) atoms. The molecule has 3 rings (SSSR count). The van der Waals surface area contributed by atoms with E-state index in [4.69, 9.17) is 0 Å². The summed E-state index contributed by atoms with van der Waals surface area (Å²) in [5.74, 6) is -0.0813. The summed E-state index contributed by atoms with van der Waals surface area (Å²) in [7, 11) is 3.59. The van der Waals surface area contributed by atoms with Gasteiger partial charge in [0.25, 0.3) is 0 Å². The van der Waals surface area contributed by atoms with Crippen molar-refractivity contribution in [2.75, 3.05) is 7.05 Å². The van der Waals surface area contributed by atoms with Crippen LogP contribution in [0.5, 0.6) is 0 Å². The maximum absolute atomic E-state index is 12.4. The van der Waals surface area contributed by atoms with Crippen LogP contribution < -0.4 is 10.6 Å². The van der Waals surface area contributed by atoms with E-state index in [1.165, 1.54) is 6.33 Å². The van der Waals surface area contributed by atoms with Crippen LogP contribution in [0.3, 0.4) is 0 Å². The predicted octanol–water partition coefficient (Wildman–Crippen LogP) is 0.637. The Bertz CT molecular complexity index is 808. The Balaban J connectivity index is 1.56. The van der Waals surface area contributed by atoms with Crippen LogP contribution in [-0.4, -0.2) is 37.5 Å². The van der Waals surface area contributed by atoms with Gasteiger partial charge in [0.05, 0.1) is 12.7 Å². The number of amides is 1. The summed E-state index contributed by atoms with van der Waals surface area (Å²) in [5, 5.41) is 14.2. The number of hydrogen-bond acceptors (Lipinski definition) is 5. The van der Waals surface area contributed by atoms with E-state index >= 15 is 0 Å². The van der Waals surface area contributed by atoms with Gasteiger partial charge in [-0.05, 0) is 18.2 Å². The highest BCUT2D eigenvalue weighted by molar-refractivity contribution is 5.83. The number of aromatic nitrogens is 5. The second-order valence-electron chi connectivity index (χ2n) is 5.80. The molecule has 0 aliphatic heterocycles. The highest BCUT2D eigenvalue weighted by atomic mass is 16.2. The summed E-state index contributed by atoms with van der Waals surface area (Å²) in [6.07, 6.45) is 6.73. The van der Waals surface area contributed by atoms with Crippen LogP contribution in [0, 0.1) is 0 Å². The topological polar surface area (TPSA) is 89.7 Å². The van der Waals surface area contributed by atoms with Crippen LogP contribution in [-0.2, 0) is 24.9 Å². The number of nitrogens with one attached hydrogen (secondary N) is 2. The Kier molecular flexibility index (Phi) is 5.20. The average molecular weight is 339 g/mol. The summed E-state index contributed by atoms with van der Waals surface area (Å²) in [6.45, 7) is 1.15. The van der Waals surface area contributed by atoms with E-state index in [9.17, 15) is 4.79 Å². The Hall–Kier alpha value is -3.00. The maximum atomic E-state index is 12.4. The number of benzene rings is 1. The van der Waals surface area contributed by atoms with E-state index in [1.54, 1.807) is 28.9 Å². The van der Waals surface area contributed by atoms with Crippen molar-refractivity contribution in [3.8, 4) is 0 Å². The van der Waals surface area contributed by atoms with Crippen molar-refractivity contribution in [2.24, 2.45) is 7.05 Å². The molecular weight excluding hydrogens is 318 g/mol. The lowest BCUT2D eigenvalue weighted by molar-refractivity contribution is -0.123. The first kappa shape index (κ1) is 16.8. The molecule has 1 atom stereocenters. The summed E-state index contributed by atoms with van der Waals surface area (Å²) in [5.41, 5.74) is 3.01. The fourth-order valence-corrected chi connectivity index (χ4v) is 2.59. The molecule has 0 fully saturated rings. The molecule has 2 heterocycles. The third-order valence-electron chi connectivity index (χ3n) is 3.91. The third kappa shape index (κ3) is 4.30. The standard InChI is InChI=1S/C17H21N7O/c1-18-16(15-8-21-23(2)10-15)17(25)20-7-13-3-5-14(6-4-13)9-24-12-19-11-22-24/h3-6,8,10-12,16,18H,7,9H2,1-2H3,(H,20,25). The minimum Gasteiger partial charge on any atom is -0.350 e. The molecule has 3 aromatic rings. The van der Waals surface area contributed by atoms with Crippen LogP contribution in [0.25, 0.3) is 0 Å². The molecule has 2 N–H and O–H groups in total. The highest BCUT2D eigenvalue weighted by Crippen LogP contribution is 2.12. The van der Waals surface area contributed by atoms with Crippen molar-refractivity contribution in [1.29, 1.82) is 0 Å². The average Bonchev–Trinajstić information content (AvgIpc) is 3.27. The molecule has 1 amide bonds. The molecule has 0 saturated carbocycles. The van der Waals surface area contributed by atoms with Gasteiger partial charge in [0, 0.05) is 25.4 Å². The van der Waals surface area contributed by atoms with E-state index in [2.05, 4.69) is 25.8 Å². The number of carbonyl (C=O) groups is 1. The number of hydrogen-bond donors (Lipinski definition) is 2. The monoisotopic (exact) mass is 339 g/mol. The van der Waals surface area contributed by atoms with Crippen LogP contribution in [0.15, 0.2) is 49.3 Å². The summed E-state index contributed by atoms with van der Waals surface area (Å²) in [6, 6.07) is 7.65. The normalized spacial score (nSPS) is 12.1. The zero-order valence-corrected chi connectivity index (χ0v) is 14.3. The van der Waals surface area contributed by atoms with Crippen molar-refractivity contribution in [3.63, 3.8) is 0 Å². The number of aryl methyl sites for hydroxylation is 1. The Morgan fingerprint density at radius 2 is 1.96 bits per heavy atom. The van der Waals surface area contributed by atoms with E-state index < -0.39 is 6.04 Å². The fourth-order valence-electron chi connectivity index (χ4n) is 2.59. The Morgan fingerprint density at radius 1 is 1.20 bits per heavy atom. The largest absolute Gasteiger partial charge is 0.350 e. The van der Waals surface area contributed by atoms with Crippen molar-refractivity contribution >= 4 is 5.91 Å². The van der Waals surface area contributed by atoms with E-state index in [1.807, 2.05) is 37.5 Å². The highest BCUT2D eigenvalue weighted by Gasteiger charge is 2.19. The van der Waals surface area contributed by atoms with Crippen molar-refractivity contribution in [1.82, 2.24) is 35.2 Å². The van der Waals surface area contributed by atoms with E-state index in [0.717, 1.165) is 16.7 Å². The zero-order valence-electron chi connectivity index (χ0n) is 14.3. The zero-order chi connectivity index (χ0) is 17.6. The fraction of sp³-hybridized carbons (Fsp3) is 0.294. The molecule has 2 aromatic heterocycles. The Morgan fingerprint density at radius 3 is 2.56 bits per heavy atom. The molecule has 130 valence electrons. The van der Waals surface area contributed by atoms with Crippen LogP contribution in [0.4, 0.5) is 0 Å². The van der Waals surface area contributed by atoms with Gasteiger partial charge in [0.1, 0.15) is 18.7 Å². The van der Waals surface area contributed by atoms with Gasteiger partial charge in [0.2, 0.25) is 5.91 Å². The molecule has 0 aliphatic carbocycles. The van der Waals surface area contributed by atoms with Crippen molar-refractivity contribution < 1.29 is 4.79 Å². The molecular formula is C17H21N7O. The third-order valence-corrected chi connectivity index (χ3v) is 3.91. The van der Waals surface area contributed by atoms with Gasteiger partial charge in [-0.2, -0.15) is 10.2 Å². The Labute approximate surface area is 145 Å². The molecule has 0 spiro atoms. The first-order chi connectivity index (χ1) is 12.2. The number of likely N-dealkylation sites (N-methyl/N-ethyl adjacent to an activating group) is 1. The molecule has 0 aliphatic rings. The first-order valence-corrected chi connectivity index (χ1v) is 7.99. The summed E-state index contributed by atoms with van der Waals surface area (Å²) >= 11 is 0. The van der Waals surface area contributed by atoms with Crippen LogP contribution >= 0.6 is 0 Å². The maximum Gasteiger partial charge on any atom is 0.242 e. The van der Waals surface area contributed by atoms with Gasteiger partial charge in [-0.1, -0.05) is 24.3 Å². The molecule has 1 unspecified atom stereocenters. The SMILES string of the molecule is CNC(C(=O)NCc1ccc(Cn2cncn2)cc1)c1cnn(C)c1. The van der Waals surface area contributed by atoms with Crippen LogP contribution in [0.1, 0.15) is 22.7 Å². The lowest BCUT2D eigenvalue weighted by atomic mass is 10.1. The summed E-state index contributed by atoms with van der Waals surface area (Å²) in [4.78, 5) is 16.3. The van der Waals surface area contributed by atoms with Gasteiger partial charge >= 0.3 is 0 Å². The quantitative estimate of drug-likeness (QED) is 0.659. The van der Waals surface area contributed by atoms with Gasteiger partial charge in [0.15, 0.2) is 0 Å². The van der Waals surface area contributed by atoms with Crippen LogP contribution in [0.2, 0.25) is 0 Å². The number of carbonyl (C=O) groups excluding carboxylic acids is 1. The smallest absolute Gasteiger partial charge is 0.242 e. The minimum absolute atomic E-state index is 0.0813. The van der Waals surface area contributed by atoms with Crippen molar-refractivity contribution in [3.05, 3.63) is 66.0 Å². The molecule has 8 nitrogen and oxygen atoms in total. The van der Waals surface area contributed by atoms with Gasteiger partial charge in [-0.25, -0.2) is 9.67 Å². The minimum atomic E-state index is -0.416. The van der Waals surface area contributed by atoms with Gasteiger partial charge in [-0.15, -0.1) is 0 Å². The lowest BCUT2D eigenvalue weighted by Crippen LogP contribution is -2.35. The molecule has 0 saturated heterocycles. The first-order valence-electron chi connectivity index (χ1n) is 7.99. The van der Waals surface area contributed by atoms with E-state index in [0.29, 0.717) is 13.1 Å². The summed E-state index contributed by atoms with van der Waals surface area (Å²) < 4.78 is 3.45. The van der Waals surface area contributed by atoms with Gasteiger partial charge in [-0.3, -0.25) is 9.48 Å². The second kappa shape index (κ2) is 7.71. The lowest BCUT2D eigenvalue weighted by Gasteiger charge is -2.14. The number of nitrogens with zero attached hydrogens (tertiary/aromatic N) is 5. The molecule has 0 bridgehead atoms. The molecule has 1 aromatic carbocycles. The van der Waals surface area contributed by atoms with Crippen molar-refractivity contribution in [2.45, 2.75) is 19.1 Å².